The van der Waals surface area contributed by atoms with Crippen LogP contribution in [0.25, 0.3) is 0 Å². The van der Waals surface area contributed by atoms with E-state index >= 15 is 0 Å². The van der Waals surface area contributed by atoms with Crippen LogP contribution in [-0.4, -0.2) is 25.9 Å². The maximum atomic E-state index is 9.37. The molecular weight excluding hydrogens is 202 g/mol. The number of hydrogen-bond donors (Lipinski definition) is 2. The third kappa shape index (κ3) is 1.93. The number of benzene rings is 1. The van der Waals surface area contributed by atoms with Gasteiger partial charge in [0, 0.05) is 18.6 Å². The molecule has 0 amide bonds. The maximum Gasteiger partial charge on any atom is 0.119 e. The number of nitrogens with one attached hydrogen (secondary N) is 1. The normalized spacial score (nSPS) is 23.9. The molecule has 3 nitrogen and oxygen atoms in total. The molecule has 2 atom stereocenters. The van der Waals surface area contributed by atoms with E-state index in [2.05, 4.69) is 17.4 Å². The molecule has 0 saturated heterocycles. The molecule has 1 aliphatic rings. The van der Waals surface area contributed by atoms with Crippen LogP contribution in [0.3, 0.4) is 0 Å². The zero-order valence-corrected chi connectivity index (χ0v) is 9.86. The molecule has 0 heterocycles. The van der Waals surface area contributed by atoms with Gasteiger partial charge in [-0.1, -0.05) is 6.07 Å². The van der Waals surface area contributed by atoms with E-state index in [1.807, 2.05) is 13.1 Å². The Labute approximate surface area is 96.4 Å². The van der Waals surface area contributed by atoms with Crippen molar-refractivity contribution >= 4 is 0 Å². The highest BCUT2D eigenvalue weighted by Crippen LogP contribution is 2.35. The highest BCUT2D eigenvalue weighted by Gasteiger charge is 2.28. The Morgan fingerprint density at radius 2 is 2.31 bits per heavy atom. The monoisotopic (exact) mass is 221 g/mol. The van der Waals surface area contributed by atoms with Crippen molar-refractivity contribution in [1.29, 1.82) is 0 Å². The summed E-state index contributed by atoms with van der Waals surface area (Å²) in [4.78, 5) is 0. The second-order valence-corrected chi connectivity index (χ2v) is 4.31. The molecular formula is C13H19NO2. The number of methoxy groups -OCH3 is 1. The number of fused-ring (bicyclic) bond motifs is 1. The summed E-state index contributed by atoms with van der Waals surface area (Å²) < 4.78 is 5.25. The van der Waals surface area contributed by atoms with Crippen molar-refractivity contribution in [2.75, 3.05) is 20.8 Å². The summed E-state index contributed by atoms with van der Waals surface area (Å²) in [5.41, 5.74) is 2.64. The average molecular weight is 221 g/mol. The Morgan fingerprint density at radius 1 is 1.50 bits per heavy atom. The van der Waals surface area contributed by atoms with Gasteiger partial charge in [-0.25, -0.2) is 0 Å². The molecule has 0 saturated carbocycles. The molecule has 3 heteroatoms. The van der Waals surface area contributed by atoms with Gasteiger partial charge in [0.1, 0.15) is 5.75 Å². The Morgan fingerprint density at radius 3 is 2.94 bits per heavy atom. The lowest BCUT2D eigenvalue weighted by molar-refractivity contribution is 0.178. The number of rotatable bonds is 3. The van der Waals surface area contributed by atoms with Crippen LogP contribution in [0.15, 0.2) is 18.2 Å². The largest absolute Gasteiger partial charge is 0.497 e. The summed E-state index contributed by atoms with van der Waals surface area (Å²) in [6.07, 6.45) is 2.09. The van der Waals surface area contributed by atoms with Crippen LogP contribution in [0.5, 0.6) is 5.75 Å². The lowest BCUT2D eigenvalue weighted by Gasteiger charge is -2.32. The summed E-state index contributed by atoms with van der Waals surface area (Å²) >= 11 is 0. The van der Waals surface area contributed by atoms with Gasteiger partial charge in [-0.2, -0.15) is 0 Å². The predicted octanol–water partition coefficient (Wildman–Crippen LogP) is 1.51. The Hall–Kier alpha value is -1.06. The zero-order valence-electron chi connectivity index (χ0n) is 9.86. The molecule has 2 N–H and O–H groups in total. The third-order valence-electron chi connectivity index (χ3n) is 3.49. The van der Waals surface area contributed by atoms with E-state index < -0.39 is 0 Å². The van der Waals surface area contributed by atoms with E-state index in [0.717, 1.165) is 18.6 Å². The van der Waals surface area contributed by atoms with E-state index in [9.17, 15) is 5.11 Å². The zero-order chi connectivity index (χ0) is 11.5. The second-order valence-electron chi connectivity index (χ2n) is 4.31. The van der Waals surface area contributed by atoms with Crippen molar-refractivity contribution in [2.24, 2.45) is 5.92 Å². The summed E-state index contributed by atoms with van der Waals surface area (Å²) in [7, 11) is 3.63. The van der Waals surface area contributed by atoms with Gasteiger partial charge < -0.3 is 15.2 Å². The molecule has 0 spiro atoms. The Bertz CT molecular complexity index is 365. The van der Waals surface area contributed by atoms with Crippen LogP contribution in [0.1, 0.15) is 23.6 Å². The first-order valence-corrected chi connectivity index (χ1v) is 5.75. The molecule has 0 radical (unpaired) electrons. The quantitative estimate of drug-likeness (QED) is 0.813. The Balaban J connectivity index is 2.37. The molecule has 1 aromatic rings. The van der Waals surface area contributed by atoms with Crippen LogP contribution >= 0.6 is 0 Å². The van der Waals surface area contributed by atoms with Crippen molar-refractivity contribution in [1.82, 2.24) is 5.32 Å². The first kappa shape index (κ1) is 11.4. The molecule has 1 aromatic carbocycles. The third-order valence-corrected chi connectivity index (χ3v) is 3.49. The highest BCUT2D eigenvalue weighted by molar-refractivity contribution is 5.39. The molecule has 0 aliphatic heterocycles. The van der Waals surface area contributed by atoms with Crippen molar-refractivity contribution in [3.05, 3.63) is 29.3 Å². The summed E-state index contributed by atoms with van der Waals surface area (Å²) in [6, 6.07) is 6.46. The standard InChI is InChI=1S/C13H19NO2/c1-14-13-10(8-15)4-3-9-5-6-11(16-2)7-12(9)13/h5-7,10,13-15H,3-4,8H2,1-2H3. The average Bonchev–Trinajstić information content (AvgIpc) is 2.36. The number of aliphatic hydroxyl groups is 1. The molecule has 2 rings (SSSR count). The maximum absolute atomic E-state index is 9.37. The second kappa shape index (κ2) is 4.85. The van der Waals surface area contributed by atoms with Gasteiger partial charge in [-0.3, -0.25) is 0 Å². The number of hydrogen-bond acceptors (Lipinski definition) is 3. The lowest BCUT2D eigenvalue weighted by Crippen LogP contribution is -2.32. The predicted molar refractivity (Wildman–Crippen MR) is 63.7 cm³/mol. The minimum absolute atomic E-state index is 0.238. The molecule has 0 fully saturated rings. The first-order valence-electron chi connectivity index (χ1n) is 5.75. The fourth-order valence-corrected chi connectivity index (χ4v) is 2.57. The van der Waals surface area contributed by atoms with E-state index in [4.69, 9.17) is 4.74 Å². The van der Waals surface area contributed by atoms with E-state index in [-0.39, 0.29) is 12.6 Å². The van der Waals surface area contributed by atoms with Gasteiger partial charge in [0.05, 0.1) is 7.11 Å². The van der Waals surface area contributed by atoms with Crippen molar-refractivity contribution in [3.63, 3.8) is 0 Å². The van der Waals surface area contributed by atoms with E-state index in [0.29, 0.717) is 5.92 Å². The molecule has 2 unspecified atom stereocenters. The summed E-state index contributed by atoms with van der Waals surface area (Å²) in [6.45, 7) is 0.238. The van der Waals surface area contributed by atoms with Gasteiger partial charge >= 0.3 is 0 Å². The minimum Gasteiger partial charge on any atom is -0.497 e. The summed E-state index contributed by atoms with van der Waals surface area (Å²) in [5.74, 6) is 1.20. The van der Waals surface area contributed by atoms with Gasteiger partial charge in [-0.05, 0) is 43.1 Å². The van der Waals surface area contributed by atoms with Crippen LogP contribution in [0, 0.1) is 5.92 Å². The van der Waals surface area contributed by atoms with E-state index in [1.54, 1.807) is 7.11 Å². The molecule has 1 aliphatic carbocycles. The van der Waals surface area contributed by atoms with Crippen LogP contribution < -0.4 is 10.1 Å². The van der Waals surface area contributed by atoms with Gasteiger partial charge in [0.15, 0.2) is 0 Å². The molecule has 88 valence electrons. The molecule has 0 aromatic heterocycles. The highest BCUT2D eigenvalue weighted by atomic mass is 16.5. The van der Waals surface area contributed by atoms with Gasteiger partial charge in [0.2, 0.25) is 0 Å². The van der Waals surface area contributed by atoms with Crippen LogP contribution in [0.4, 0.5) is 0 Å². The topological polar surface area (TPSA) is 41.5 Å². The first-order chi connectivity index (χ1) is 7.80. The van der Waals surface area contributed by atoms with E-state index in [1.165, 1.54) is 11.1 Å². The van der Waals surface area contributed by atoms with Gasteiger partial charge in [0.25, 0.3) is 0 Å². The number of ether oxygens (including phenoxy) is 1. The smallest absolute Gasteiger partial charge is 0.119 e. The van der Waals surface area contributed by atoms with Gasteiger partial charge in [-0.15, -0.1) is 0 Å². The Kier molecular flexibility index (Phi) is 3.46. The fraction of sp³-hybridized carbons (Fsp3) is 0.538. The molecule has 16 heavy (non-hydrogen) atoms. The van der Waals surface area contributed by atoms with Crippen LogP contribution in [-0.2, 0) is 6.42 Å². The SMILES string of the molecule is CNC1c2cc(OC)ccc2CCC1CO. The van der Waals surface area contributed by atoms with Crippen molar-refractivity contribution in [3.8, 4) is 5.75 Å². The number of aliphatic hydroxyl groups excluding tert-OH is 1. The minimum atomic E-state index is 0.238. The lowest BCUT2D eigenvalue weighted by atomic mass is 9.80. The fourth-order valence-electron chi connectivity index (χ4n) is 2.57. The molecule has 0 bridgehead atoms. The van der Waals surface area contributed by atoms with Crippen LogP contribution in [0.2, 0.25) is 0 Å². The van der Waals surface area contributed by atoms with Crippen molar-refractivity contribution in [2.45, 2.75) is 18.9 Å². The summed E-state index contributed by atoms with van der Waals surface area (Å²) in [5, 5.41) is 12.7. The number of aryl methyl sites for hydroxylation is 1. The van der Waals surface area contributed by atoms with Crippen molar-refractivity contribution < 1.29 is 9.84 Å².